The van der Waals surface area contributed by atoms with Crippen molar-refractivity contribution >= 4 is 5.82 Å². The lowest BCUT2D eigenvalue weighted by Gasteiger charge is -2.25. The van der Waals surface area contributed by atoms with Crippen LogP contribution in [0.2, 0.25) is 0 Å². The molecule has 1 unspecified atom stereocenters. The highest BCUT2D eigenvalue weighted by Gasteiger charge is 2.27. The maximum absolute atomic E-state index is 6.15. The van der Waals surface area contributed by atoms with E-state index in [-0.39, 0.29) is 6.04 Å². The molecule has 2 N–H and O–H groups in total. The van der Waals surface area contributed by atoms with Crippen molar-refractivity contribution < 1.29 is 0 Å². The normalized spacial score (nSPS) is 16.7. The number of nitrogens with two attached hydrogens (primary N) is 1. The molecule has 0 saturated heterocycles. The molecule has 0 spiro atoms. The Kier molecular flexibility index (Phi) is 4.50. The second-order valence-corrected chi connectivity index (χ2v) is 5.87. The van der Waals surface area contributed by atoms with Crippen LogP contribution in [-0.2, 0) is 13.5 Å². The van der Waals surface area contributed by atoms with E-state index in [1.165, 1.54) is 30.8 Å². The third kappa shape index (κ3) is 3.30. The summed E-state index contributed by atoms with van der Waals surface area (Å²) in [4.78, 5) is 2.48. The highest BCUT2D eigenvalue weighted by atomic mass is 15.4. The molecule has 1 fully saturated rings. The van der Waals surface area contributed by atoms with Gasteiger partial charge in [0.2, 0.25) is 0 Å². The smallest absolute Gasteiger partial charge is 0.130 e. The maximum atomic E-state index is 6.15. The molecule has 19 heavy (non-hydrogen) atoms. The first-order chi connectivity index (χ1) is 9.06. The molecule has 1 aliphatic carbocycles. The zero-order chi connectivity index (χ0) is 14.0. The van der Waals surface area contributed by atoms with Crippen molar-refractivity contribution in [1.82, 2.24) is 9.78 Å². The van der Waals surface area contributed by atoms with Gasteiger partial charge in [0, 0.05) is 31.7 Å². The van der Waals surface area contributed by atoms with E-state index in [0.29, 0.717) is 0 Å². The van der Waals surface area contributed by atoms with Crippen LogP contribution in [0, 0.1) is 12.8 Å². The molecule has 1 heterocycles. The van der Waals surface area contributed by atoms with Crippen LogP contribution in [0.15, 0.2) is 0 Å². The van der Waals surface area contributed by atoms with Gasteiger partial charge in [0.15, 0.2) is 0 Å². The highest BCUT2D eigenvalue weighted by molar-refractivity contribution is 5.50. The van der Waals surface area contributed by atoms with Crippen molar-refractivity contribution in [1.29, 1.82) is 0 Å². The van der Waals surface area contributed by atoms with E-state index in [0.717, 1.165) is 31.0 Å². The lowest BCUT2D eigenvalue weighted by molar-refractivity contribution is 0.636. The standard InChI is InChI=1S/C15H28N4/c1-5-13(16)9-14-11(3)17-18(4)15(14)19(6-2)10-12-7-8-12/h12-13H,5-10,16H2,1-4H3. The minimum atomic E-state index is 0.237. The molecule has 0 bridgehead atoms. The van der Waals surface area contributed by atoms with Gasteiger partial charge >= 0.3 is 0 Å². The molecular formula is C15H28N4. The maximum Gasteiger partial charge on any atom is 0.130 e. The van der Waals surface area contributed by atoms with Crippen LogP contribution in [-0.4, -0.2) is 28.9 Å². The van der Waals surface area contributed by atoms with Gasteiger partial charge in [-0.2, -0.15) is 5.10 Å². The third-order valence-corrected chi connectivity index (χ3v) is 4.16. The van der Waals surface area contributed by atoms with Crippen LogP contribution in [0.4, 0.5) is 5.82 Å². The Morgan fingerprint density at radius 2 is 2.11 bits per heavy atom. The molecule has 0 amide bonds. The number of hydrogen-bond donors (Lipinski definition) is 1. The fraction of sp³-hybridized carbons (Fsp3) is 0.800. The zero-order valence-corrected chi connectivity index (χ0v) is 12.8. The first-order valence-electron chi connectivity index (χ1n) is 7.59. The highest BCUT2D eigenvalue weighted by Crippen LogP contribution is 2.33. The number of rotatable bonds is 7. The van der Waals surface area contributed by atoms with Crippen molar-refractivity contribution in [2.75, 3.05) is 18.0 Å². The molecule has 0 aromatic carbocycles. The molecule has 1 saturated carbocycles. The Bertz CT molecular complexity index is 420. The van der Waals surface area contributed by atoms with Crippen molar-refractivity contribution in [3.8, 4) is 0 Å². The predicted molar refractivity (Wildman–Crippen MR) is 80.5 cm³/mol. The van der Waals surface area contributed by atoms with Gasteiger partial charge in [-0.25, -0.2) is 0 Å². The summed E-state index contributed by atoms with van der Waals surface area (Å²) < 4.78 is 2.04. The van der Waals surface area contributed by atoms with E-state index in [1.54, 1.807) is 0 Å². The summed E-state index contributed by atoms with van der Waals surface area (Å²) in [6, 6.07) is 0.237. The van der Waals surface area contributed by atoms with Gasteiger partial charge in [0.05, 0.1) is 5.69 Å². The Hall–Kier alpha value is -1.03. The van der Waals surface area contributed by atoms with Gasteiger partial charge in [0.25, 0.3) is 0 Å². The summed E-state index contributed by atoms with van der Waals surface area (Å²) >= 11 is 0. The van der Waals surface area contributed by atoms with Crippen LogP contribution in [0.5, 0.6) is 0 Å². The quantitative estimate of drug-likeness (QED) is 0.821. The van der Waals surface area contributed by atoms with E-state index < -0.39 is 0 Å². The molecule has 0 aliphatic heterocycles. The average molecular weight is 264 g/mol. The summed E-state index contributed by atoms with van der Waals surface area (Å²) in [7, 11) is 2.05. The van der Waals surface area contributed by atoms with Gasteiger partial charge in [-0.1, -0.05) is 6.92 Å². The molecule has 2 rings (SSSR count). The molecule has 4 heteroatoms. The van der Waals surface area contributed by atoms with E-state index in [1.807, 2.05) is 4.68 Å². The third-order valence-electron chi connectivity index (χ3n) is 4.16. The van der Waals surface area contributed by atoms with Gasteiger partial charge in [-0.05, 0) is 45.4 Å². The Labute approximate surface area is 117 Å². The van der Waals surface area contributed by atoms with Crippen LogP contribution in [0.1, 0.15) is 44.4 Å². The topological polar surface area (TPSA) is 47.1 Å². The average Bonchev–Trinajstić information content (AvgIpc) is 3.15. The van der Waals surface area contributed by atoms with Crippen molar-refractivity contribution in [2.24, 2.45) is 18.7 Å². The lowest BCUT2D eigenvalue weighted by Crippen LogP contribution is -2.30. The molecule has 0 radical (unpaired) electrons. The van der Waals surface area contributed by atoms with Gasteiger partial charge < -0.3 is 10.6 Å². The van der Waals surface area contributed by atoms with E-state index in [9.17, 15) is 0 Å². The number of nitrogens with zero attached hydrogens (tertiary/aromatic N) is 3. The molecule has 4 nitrogen and oxygen atoms in total. The van der Waals surface area contributed by atoms with Crippen LogP contribution >= 0.6 is 0 Å². The van der Waals surface area contributed by atoms with E-state index >= 15 is 0 Å². The van der Waals surface area contributed by atoms with Crippen molar-refractivity contribution in [2.45, 2.75) is 52.5 Å². The molecule has 1 aromatic heterocycles. The van der Waals surface area contributed by atoms with Gasteiger partial charge in [0.1, 0.15) is 5.82 Å². The molecule has 108 valence electrons. The molecule has 1 atom stereocenters. The monoisotopic (exact) mass is 264 g/mol. The summed E-state index contributed by atoms with van der Waals surface area (Å²) in [5.74, 6) is 2.18. The Balaban J connectivity index is 2.25. The SMILES string of the molecule is CCC(N)Cc1c(C)nn(C)c1N(CC)CC1CC1. The summed E-state index contributed by atoms with van der Waals surface area (Å²) in [5.41, 5.74) is 8.63. The summed E-state index contributed by atoms with van der Waals surface area (Å²) in [6.45, 7) is 8.70. The van der Waals surface area contributed by atoms with Crippen LogP contribution in [0.25, 0.3) is 0 Å². The van der Waals surface area contributed by atoms with Gasteiger partial charge in [-0.15, -0.1) is 0 Å². The van der Waals surface area contributed by atoms with E-state index in [4.69, 9.17) is 5.73 Å². The largest absolute Gasteiger partial charge is 0.357 e. The zero-order valence-electron chi connectivity index (χ0n) is 12.8. The minimum absolute atomic E-state index is 0.237. The molecule has 1 aromatic rings. The van der Waals surface area contributed by atoms with E-state index in [2.05, 4.69) is 37.8 Å². The predicted octanol–water partition coefficient (Wildman–Crippen LogP) is 2.24. The minimum Gasteiger partial charge on any atom is -0.357 e. The number of aryl methyl sites for hydroxylation is 2. The number of hydrogen-bond acceptors (Lipinski definition) is 3. The fourth-order valence-corrected chi connectivity index (χ4v) is 2.71. The first kappa shape index (κ1) is 14.4. The second-order valence-electron chi connectivity index (χ2n) is 5.87. The number of anilines is 1. The van der Waals surface area contributed by atoms with Gasteiger partial charge in [-0.3, -0.25) is 4.68 Å². The molecule has 1 aliphatic rings. The Morgan fingerprint density at radius 3 is 2.63 bits per heavy atom. The van der Waals surface area contributed by atoms with Crippen LogP contribution in [0.3, 0.4) is 0 Å². The first-order valence-corrected chi connectivity index (χ1v) is 7.59. The van der Waals surface area contributed by atoms with Crippen molar-refractivity contribution in [3.63, 3.8) is 0 Å². The molecular weight excluding hydrogens is 236 g/mol. The fourth-order valence-electron chi connectivity index (χ4n) is 2.71. The summed E-state index contributed by atoms with van der Waals surface area (Å²) in [6.07, 6.45) is 4.73. The van der Waals surface area contributed by atoms with Crippen molar-refractivity contribution in [3.05, 3.63) is 11.3 Å². The number of aromatic nitrogens is 2. The lowest BCUT2D eigenvalue weighted by atomic mass is 10.0. The van der Waals surface area contributed by atoms with Crippen LogP contribution < -0.4 is 10.6 Å². The summed E-state index contributed by atoms with van der Waals surface area (Å²) in [5, 5.41) is 4.61. The Morgan fingerprint density at radius 1 is 1.42 bits per heavy atom. The second kappa shape index (κ2) is 5.95.